The van der Waals surface area contributed by atoms with Crippen molar-refractivity contribution in [1.82, 2.24) is 10.2 Å². The lowest BCUT2D eigenvalue weighted by molar-refractivity contribution is 0.0288. The first-order valence-electron chi connectivity index (χ1n) is 12.1. The molecule has 0 saturated carbocycles. The number of amides is 1. The summed E-state index contributed by atoms with van der Waals surface area (Å²) in [5, 5.41) is 3.57. The highest BCUT2D eigenvalue weighted by molar-refractivity contribution is 5.70. The van der Waals surface area contributed by atoms with Gasteiger partial charge in [0.25, 0.3) is 0 Å². The normalized spacial score (nSPS) is 17.0. The number of hydrogen-bond donors (Lipinski definition) is 1. The number of benzene rings is 2. The van der Waals surface area contributed by atoms with Gasteiger partial charge in [0.1, 0.15) is 5.60 Å². The Morgan fingerprint density at radius 2 is 1.73 bits per heavy atom. The summed E-state index contributed by atoms with van der Waals surface area (Å²) in [6.07, 6.45) is 5.16. The zero-order valence-electron chi connectivity index (χ0n) is 21.2. The van der Waals surface area contributed by atoms with Crippen LogP contribution in [0, 0.1) is 5.92 Å². The highest BCUT2D eigenvalue weighted by Crippen LogP contribution is 2.23. The zero-order chi connectivity index (χ0) is 24.1. The fourth-order valence-electron chi connectivity index (χ4n) is 4.01. The lowest BCUT2D eigenvalue weighted by Gasteiger charge is -2.24. The predicted molar refractivity (Wildman–Crippen MR) is 138 cm³/mol. The average Bonchev–Trinajstić information content (AvgIpc) is 3.20. The Labute approximate surface area is 200 Å². The van der Waals surface area contributed by atoms with E-state index in [2.05, 4.69) is 86.8 Å². The third-order valence-corrected chi connectivity index (χ3v) is 5.90. The molecule has 1 atom stereocenters. The number of likely N-dealkylation sites (tertiary alicyclic amines) is 1. The van der Waals surface area contributed by atoms with Gasteiger partial charge in [-0.25, -0.2) is 4.79 Å². The first-order valence-corrected chi connectivity index (χ1v) is 12.1. The average molecular weight is 449 g/mol. The van der Waals surface area contributed by atoms with Crippen molar-refractivity contribution in [1.29, 1.82) is 0 Å². The Hall–Kier alpha value is -2.59. The molecular formula is C29H40N2O2. The lowest BCUT2D eigenvalue weighted by atomic mass is 9.87. The largest absolute Gasteiger partial charge is 0.444 e. The molecule has 0 aromatic heterocycles. The second-order valence-corrected chi connectivity index (χ2v) is 11.2. The molecule has 1 aliphatic rings. The van der Waals surface area contributed by atoms with Crippen molar-refractivity contribution in [3.8, 4) is 0 Å². The van der Waals surface area contributed by atoms with E-state index in [0.29, 0.717) is 5.92 Å². The van der Waals surface area contributed by atoms with E-state index in [1.165, 1.54) is 22.3 Å². The fourth-order valence-corrected chi connectivity index (χ4v) is 4.01. The second-order valence-electron chi connectivity index (χ2n) is 11.2. The van der Waals surface area contributed by atoms with Gasteiger partial charge < -0.3 is 15.0 Å². The van der Waals surface area contributed by atoms with E-state index in [4.69, 9.17) is 4.74 Å². The molecule has 1 fully saturated rings. The van der Waals surface area contributed by atoms with Crippen LogP contribution >= 0.6 is 0 Å². The molecule has 0 aliphatic carbocycles. The molecule has 33 heavy (non-hydrogen) atoms. The lowest BCUT2D eigenvalue weighted by Crippen LogP contribution is -2.36. The highest BCUT2D eigenvalue weighted by Gasteiger charge is 2.29. The van der Waals surface area contributed by atoms with E-state index in [0.717, 1.165) is 32.6 Å². The first kappa shape index (κ1) is 25.0. The summed E-state index contributed by atoms with van der Waals surface area (Å²) < 4.78 is 5.49. The first-order chi connectivity index (χ1) is 15.5. The van der Waals surface area contributed by atoms with E-state index in [1.54, 1.807) is 0 Å². The summed E-state index contributed by atoms with van der Waals surface area (Å²) in [5.74, 6) is 0.469. The summed E-state index contributed by atoms with van der Waals surface area (Å²) in [4.78, 5) is 14.1. The van der Waals surface area contributed by atoms with Crippen molar-refractivity contribution in [2.75, 3.05) is 19.6 Å². The summed E-state index contributed by atoms with van der Waals surface area (Å²) >= 11 is 0. The quantitative estimate of drug-likeness (QED) is 0.513. The third-order valence-electron chi connectivity index (χ3n) is 5.90. The van der Waals surface area contributed by atoms with Crippen LogP contribution in [0.25, 0.3) is 12.2 Å². The molecule has 0 radical (unpaired) electrons. The molecule has 1 amide bonds. The molecule has 1 unspecified atom stereocenters. The molecule has 4 heteroatoms. The van der Waals surface area contributed by atoms with Gasteiger partial charge in [-0.2, -0.15) is 0 Å². The van der Waals surface area contributed by atoms with Crippen molar-refractivity contribution < 1.29 is 9.53 Å². The molecule has 178 valence electrons. The zero-order valence-corrected chi connectivity index (χ0v) is 21.2. The van der Waals surface area contributed by atoms with E-state index in [-0.39, 0.29) is 11.5 Å². The maximum atomic E-state index is 12.2. The Balaban J connectivity index is 1.47. The van der Waals surface area contributed by atoms with Crippen LogP contribution in [0.15, 0.2) is 48.5 Å². The van der Waals surface area contributed by atoms with Gasteiger partial charge >= 0.3 is 6.09 Å². The second kappa shape index (κ2) is 10.6. The minimum Gasteiger partial charge on any atom is -0.444 e. The summed E-state index contributed by atoms with van der Waals surface area (Å²) in [6, 6.07) is 17.4. The molecule has 0 bridgehead atoms. The monoisotopic (exact) mass is 448 g/mol. The Kier molecular flexibility index (Phi) is 8.01. The number of carbonyl (C=O) groups excluding carboxylic acids is 1. The number of nitrogens with zero attached hydrogens (tertiary/aromatic N) is 1. The SMILES string of the molecule is CC(C)(C)OC(=O)N1CCC(CNCc2cccc(C=Cc3ccc(C(C)(C)C)cc3)c2)C1. The number of nitrogens with one attached hydrogen (secondary N) is 1. The Morgan fingerprint density at radius 3 is 2.39 bits per heavy atom. The molecule has 2 aromatic rings. The van der Waals surface area contributed by atoms with Crippen molar-refractivity contribution in [2.45, 2.75) is 65.5 Å². The number of carbonyl (C=O) groups is 1. The van der Waals surface area contributed by atoms with Gasteiger partial charge in [-0.3, -0.25) is 0 Å². The van der Waals surface area contributed by atoms with E-state index in [9.17, 15) is 4.79 Å². The van der Waals surface area contributed by atoms with Gasteiger partial charge in [-0.1, -0.05) is 81.5 Å². The standard InChI is InChI=1S/C29H40N2O2/c1-28(2,3)26-14-12-22(13-15-26)10-11-23-8-7-9-24(18-23)19-30-20-25-16-17-31(21-25)27(32)33-29(4,5)6/h7-15,18,25,30H,16-17,19-21H2,1-6H3. The van der Waals surface area contributed by atoms with Gasteiger partial charge in [-0.15, -0.1) is 0 Å². The topological polar surface area (TPSA) is 41.6 Å². The molecule has 3 rings (SSSR count). The molecule has 1 aliphatic heterocycles. The molecular weight excluding hydrogens is 408 g/mol. The van der Waals surface area contributed by atoms with Crippen LogP contribution in [0.4, 0.5) is 4.79 Å². The molecule has 1 N–H and O–H groups in total. The Morgan fingerprint density at radius 1 is 1.03 bits per heavy atom. The van der Waals surface area contributed by atoms with Crippen molar-refractivity contribution in [2.24, 2.45) is 5.92 Å². The van der Waals surface area contributed by atoms with Crippen molar-refractivity contribution >= 4 is 18.2 Å². The van der Waals surface area contributed by atoms with Gasteiger partial charge in [0.15, 0.2) is 0 Å². The number of rotatable bonds is 6. The molecule has 1 saturated heterocycles. The van der Waals surface area contributed by atoms with Gasteiger partial charge in [-0.05, 0) is 60.8 Å². The van der Waals surface area contributed by atoms with Gasteiger partial charge in [0.05, 0.1) is 0 Å². The van der Waals surface area contributed by atoms with Gasteiger partial charge in [0, 0.05) is 26.2 Å². The Bertz CT molecular complexity index is 949. The van der Waals surface area contributed by atoms with Crippen LogP contribution < -0.4 is 5.32 Å². The van der Waals surface area contributed by atoms with Crippen LogP contribution in [0.5, 0.6) is 0 Å². The minimum atomic E-state index is -0.442. The molecule has 0 spiro atoms. The van der Waals surface area contributed by atoms with Crippen LogP contribution in [0.1, 0.15) is 70.2 Å². The molecule has 4 nitrogen and oxygen atoms in total. The number of hydrogen-bond acceptors (Lipinski definition) is 3. The maximum Gasteiger partial charge on any atom is 0.410 e. The maximum absolute atomic E-state index is 12.2. The van der Waals surface area contributed by atoms with Crippen LogP contribution in [0.2, 0.25) is 0 Å². The van der Waals surface area contributed by atoms with Crippen LogP contribution in [-0.4, -0.2) is 36.2 Å². The van der Waals surface area contributed by atoms with Crippen molar-refractivity contribution in [3.63, 3.8) is 0 Å². The summed E-state index contributed by atoms with van der Waals surface area (Å²) in [7, 11) is 0. The summed E-state index contributed by atoms with van der Waals surface area (Å²) in [5.41, 5.74) is 4.76. The van der Waals surface area contributed by atoms with Gasteiger partial charge in [0.2, 0.25) is 0 Å². The molecule has 1 heterocycles. The van der Waals surface area contributed by atoms with Crippen molar-refractivity contribution in [3.05, 3.63) is 70.8 Å². The minimum absolute atomic E-state index is 0.177. The smallest absolute Gasteiger partial charge is 0.410 e. The third kappa shape index (κ3) is 8.04. The summed E-state index contributed by atoms with van der Waals surface area (Å²) in [6.45, 7) is 15.7. The molecule has 2 aromatic carbocycles. The highest BCUT2D eigenvalue weighted by atomic mass is 16.6. The number of ether oxygens (including phenoxy) is 1. The predicted octanol–water partition coefficient (Wildman–Crippen LogP) is 6.50. The van der Waals surface area contributed by atoms with E-state index >= 15 is 0 Å². The van der Waals surface area contributed by atoms with Crippen LogP contribution in [-0.2, 0) is 16.7 Å². The van der Waals surface area contributed by atoms with E-state index in [1.807, 2.05) is 25.7 Å². The van der Waals surface area contributed by atoms with Crippen LogP contribution in [0.3, 0.4) is 0 Å². The fraction of sp³-hybridized carbons (Fsp3) is 0.483. The van der Waals surface area contributed by atoms with E-state index < -0.39 is 5.60 Å².